The number of halogens is 3. The molecule has 0 amide bonds. The Hall–Kier alpha value is -1.69. The van der Waals surface area contributed by atoms with E-state index in [9.17, 15) is 18.4 Å². The van der Waals surface area contributed by atoms with Crippen molar-refractivity contribution in [1.29, 1.82) is 0 Å². The van der Waals surface area contributed by atoms with Gasteiger partial charge in [0.05, 0.1) is 5.69 Å². The Balaban J connectivity index is 2.20. The summed E-state index contributed by atoms with van der Waals surface area (Å²) in [5.74, 6) is -5.73. The van der Waals surface area contributed by atoms with E-state index in [2.05, 4.69) is 0 Å². The number of ketones is 1. The van der Waals surface area contributed by atoms with E-state index in [1.807, 2.05) is 0 Å². The number of Topliss-reactive ketones (excluding diaryl/α,β-unsaturated/α-hetero) is 1. The van der Waals surface area contributed by atoms with Crippen LogP contribution >= 0.6 is 11.6 Å². The fourth-order valence-electron chi connectivity index (χ4n) is 2.52. The third-order valence-corrected chi connectivity index (χ3v) is 4.02. The molecule has 0 bridgehead atoms. The number of hydrogen-bond donors (Lipinski definition) is 1. The van der Waals surface area contributed by atoms with Crippen LogP contribution in [-0.2, 0) is 4.79 Å². The molecule has 1 unspecified atom stereocenters. The van der Waals surface area contributed by atoms with E-state index < -0.39 is 34.3 Å². The lowest BCUT2D eigenvalue weighted by Crippen LogP contribution is -2.44. The highest BCUT2D eigenvalue weighted by Gasteiger charge is 2.44. The Labute approximate surface area is 117 Å². The Bertz CT molecular complexity index is 631. The highest BCUT2D eigenvalue weighted by Crippen LogP contribution is 2.43. The average molecular weight is 302 g/mol. The topological polar surface area (TPSA) is 57.6 Å². The van der Waals surface area contributed by atoms with E-state index in [1.165, 1.54) is 0 Å². The zero-order valence-electron chi connectivity index (χ0n) is 10.2. The summed E-state index contributed by atoms with van der Waals surface area (Å²) in [7, 11) is 0. The van der Waals surface area contributed by atoms with Crippen LogP contribution in [0.25, 0.3) is 0 Å². The summed E-state index contributed by atoms with van der Waals surface area (Å²) in [5, 5.41) is 8.64. The summed E-state index contributed by atoms with van der Waals surface area (Å²) in [6.07, 6.45) is 1.63. The fraction of sp³-hybridized carbons (Fsp3) is 0.385. The molecule has 1 fully saturated rings. The molecule has 1 aromatic carbocycles. The SMILES string of the molecule is O=C(O)C1CN(C2CC2)c2c(cc(F)c(F)c2Cl)C1=O. The number of hydrogen-bond acceptors (Lipinski definition) is 3. The molecule has 1 aliphatic heterocycles. The van der Waals surface area contributed by atoms with Gasteiger partial charge in [-0.1, -0.05) is 11.6 Å². The molecule has 3 rings (SSSR count). The van der Waals surface area contributed by atoms with Crippen LogP contribution in [0.2, 0.25) is 5.02 Å². The molecule has 4 nitrogen and oxygen atoms in total. The van der Waals surface area contributed by atoms with E-state index >= 15 is 0 Å². The predicted molar refractivity (Wildman–Crippen MR) is 67.2 cm³/mol. The van der Waals surface area contributed by atoms with Crippen LogP contribution in [0, 0.1) is 17.6 Å². The first-order valence-electron chi connectivity index (χ1n) is 6.13. The van der Waals surface area contributed by atoms with Gasteiger partial charge in [0, 0.05) is 18.2 Å². The van der Waals surface area contributed by atoms with Crippen molar-refractivity contribution in [2.24, 2.45) is 5.92 Å². The van der Waals surface area contributed by atoms with Gasteiger partial charge in [0.2, 0.25) is 0 Å². The van der Waals surface area contributed by atoms with Crippen LogP contribution in [0.1, 0.15) is 23.2 Å². The van der Waals surface area contributed by atoms with Crippen molar-refractivity contribution < 1.29 is 23.5 Å². The lowest BCUT2D eigenvalue weighted by Gasteiger charge is -2.34. The van der Waals surface area contributed by atoms with Crippen molar-refractivity contribution >= 4 is 29.0 Å². The number of carboxylic acid groups (broad SMARTS) is 1. The van der Waals surface area contributed by atoms with Gasteiger partial charge >= 0.3 is 5.97 Å². The third-order valence-electron chi connectivity index (χ3n) is 3.67. The average Bonchev–Trinajstić information content (AvgIpc) is 3.21. The van der Waals surface area contributed by atoms with E-state index in [-0.39, 0.29) is 23.8 Å². The maximum atomic E-state index is 13.6. The first-order chi connectivity index (χ1) is 9.41. The Kier molecular flexibility index (Phi) is 2.93. The van der Waals surface area contributed by atoms with Crippen molar-refractivity contribution in [2.45, 2.75) is 18.9 Å². The zero-order valence-corrected chi connectivity index (χ0v) is 11.0. The maximum absolute atomic E-state index is 13.6. The monoisotopic (exact) mass is 301 g/mol. The molecule has 1 aromatic rings. The molecule has 7 heteroatoms. The Morgan fingerprint density at radius 2 is 2.05 bits per heavy atom. The maximum Gasteiger partial charge on any atom is 0.316 e. The first kappa shape index (κ1) is 13.3. The van der Waals surface area contributed by atoms with E-state index in [0.717, 1.165) is 18.9 Å². The van der Waals surface area contributed by atoms with Crippen molar-refractivity contribution in [1.82, 2.24) is 0 Å². The summed E-state index contributed by atoms with van der Waals surface area (Å²) < 4.78 is 27.0. The molecule has 1 atom stereocenters. The lowest BCUT2D eigenvalue weighted by atomic mass is 9.90. The Morgan fingerprint density at radius 3 is 2.60 bits per heavy atom. The number of nitrogens with zero attached hydrogens (tertiary/aromatic N) is 1. The third kappa shape index (κ3) is 1.86. The molecular weight excluding hydrogens is 292 g/mol. The van der Waals surface area contributed by atoms with Crippen LogP contribution in [0.4, 0.5) is 14.5 Å². The van der Waals surface area contributed by atoms with Crippen molar-refractivity contribution in [2.75, 3.05) is 11.4 Å². The minimum Gasteiger partial charge on any atom is -0.481 e. The Morgan fingerprint density at radius 1 is 1.40 bits per heavy atom. The number of rotatable bonds is 2. The molecule has 0 saturated heterocycles. The van der Waals surface area contributed by atoms with Crippen LogP contribution in [-0.4, -0.2) is 29.4 Å². The number of fused-ring (bicyclic) bond motifs is 1. The number of benzene rings is 1. The second-order valence-electron chi connectivity index (χ2n) is 5.02. The second kappa shape index (κ2) is 4.41. The summed E-state index contributed by atoms with van der Waals surface area (Å²) in [6.45, 7) is -0.0589. The number of carboxylic acids is 1. The first-order valence-corrected chi connectivity index (χ1v) is 6.50. The predicted octanol–water partition coefficient (Wildman–Crippen LogP) is 2.48. The largest absolute Gasteiger partial charge is 0.481 e. The van der Waals surface area contributed by atoms with Crippen molar-refractivity contribution in [3.8, 4) is 0 Å². The van der Waals surface area contributed by atoms with E-state index in [0.29, 0.717) is 0 Å². The molecule has 0 aromatic heterocycles. The number of aliphatic carboxylic acids is 1. The van der Waals surface area contributed by atoms with E-state index in [4.69, 9.17) is 16.7 Å². The highest BCUT2D eigenvalue weighted by atomic mass is 35.5. The second-order valence-corrected chi connectivity index (χ2v) is 5.40. The van der Waals surface area contributed by atoms with Crippen molar-refractivity contribution in [3.05, 3.63) is 28.3 Å². The summed E-state index contributed by atoms with van der Waals surface area (Å²) in [6, 6.07) is 0.773. The molecule has 0 spiro atoms. The number of anilines is 1. The normalized spacial score (nSPS) is 21.9. The minimum atomic E-state index is -1.27. The van der Waals surface area contributed by atoms with Gasteiger partial charge in [0.15, 0.2) is 17.4 Å². The molecule has 106 valence electrons. The summed E-state index contributed by atoms with van der Waals surface area (Å²) in [4.78, 5) is 24.9. The molecule has 0 radical (unpaired) electrons. The summed E-state index contributed by atoms with van der Waals surface area (Å²) >= 11 is 5.82. The lowest BCUT2D eigenvalue weighted by molar-refractivity contribution is -0.139. The fourth-order valence-corrected chi connectivity index (χ4v) is 2.82. The van der Waals surface area contributed by atoms with Gasteiger partial charge in [-0.3, -0.25) is 9.59 Å². The molecule has 20 heavy (non-hydrogen) atoms. The van der Waals surface area contributed by atoms with Gasteiger partial charge < -0.3 is 10.0 Å². The standard InChI is InChI=1S/C13H10ClF2NO3/c14-9-10(16)8(15)3-6-11(9)17(5-1-2-5)4-7(12(6)18)13(19)20/h3,5,7H,1-2,4H2,(H,19,20). The minimum absolute atomic E-state index is 0.0334. The highest BCUT2D eigenvalue weighted by molar-refractivity contribution is 6.35. The molecule has 1 aliphatic carbocycles. The van der Waals surface area contributed by atoms with Crippen LogP contribution in [0.5, 0.6) is 0 Å². The molecule has 1 heterocycles. The van der Waals surface area contributed by atoms with Gasteiger partial charge in [0.1, 0.15) is 10.9 Å². The van der Waals surface area contributed by atoms with Gasteiger partial charge in [0.25, 0.3) is 0 Å². The van der Waals surface area contributed by atoms with Gasteiger partial charge in [-0.2, -0.15) is 0 Å². The summed E-state index contributed by atoms with van der Waals surface area (Å²) in [5.41, 5.74) is -0.0324. The van der Waals surface area contributed by atoms with Crippen molar-refractivity contribution in [3.63, 3.8) is 0 Å². The molecular formula is C13H10ClF2NO3. The van der Waals surface area contributed by atoms with Gasteiger partial charge in [-0.05, 0) is 18.9 Å². The van der Waals surface area contributed by atoms with Crippen LogP contribution in [0.15, 0.2) is 6.07 Å². The van der Waals surface area contributed by atoms with Crippen LogP contribution < -0.4 is 4.90 Å². The molecule has 1 saturated carbocycles. The molecule has 2 aliphatic rings. The van der Waals surface area contributed by atoms with Gasteiger partial charge in [-0.25, -0.2) is 8.78 Å². The smallest absolute Gasteiger partial charge is 0.316 e. The van der Waals surface area contributed by atoms with Crippen LogP contribution in [0.3, 0.4) is 0 Å². The number of carbonyl (C=O) groups excluding carboxylic acids is 1. The van der Waals surface area contributed by atoms with Gasteiger partial charge in [-0.15, -0.1) is 0 Å². The van der Waals surface area contributed by atoms with E-state index in [1.54, 1.807) is 4.90 Å². The molecule has 1 N–H and O–H groups in total. The quantitative estimate of drug-likeness (QED) is 0.673. The zero-order chi connectivity index (χ0) is 14.6. The number of carbonyl (C=O) groups is 2.